The molecule has 3 rings (SSSR count). The first-order valence-electron chi connectivity index (χ1n) is 4.87. The Morgan fingerprint density at radius 1 is 1.12 bits per heavy atom. The van der Waals surface area contributed by atoms with Crippen LogP contribution in [0.4, 0.5) is 17.1 Å². The van der Waals surface area contributed by atoms with E-state index < -0.39 is 0 Å². The Kier molecular flexibility index (Phi) is 2.04. The fourth-order valence-corrected chi connectivity index (χ4v) is 2.07. The standard InChI is InChI=1S/C12H9BrN2O/c13-7-4-5-10-9(6-7)15-12-8(14)2-1-3-11(12)16-10/h1-6,15H,14H2. The monoisotopic (exact) mass is 276 g/mol. The predicted molar refractivity (Wildman–Crippen MR) is 68.4 cm³/mol. The van der Waals surface area contributed by atoms with Gasteiger partial charge in [0.15, 0.2) is 11.5 Å². The Bertz CT molecular complexity index is 569. The Morgan fingerprint density at radius 2 is 2.00 bits per heavy atom. The maximum absolute atomic E-state index is 5.88. The maximum atomic E-state index is 5.88. The second-order valence-corrected chi connectivity index (χ2v) is 4.50. The topological polar surface area (TPSA) is 47.3 Å². The molecule has 0 aromatic heterocycles. The number of fused-ring (bicyclic) bond motifs is 2. The summed E-state index contributed by atoms with van der Waals surface area (Å²) in [7, 11) is 0. The van der Waals surface area contributed by atoms with Gasteiger partial charge in [-0.05, 0) is 30.3 Å². The van der Waals surface area contributed by atoms with E-state index in [4.69, 9.17) is 10.5 Å². The molecule has 3 nitrogen and oxygen atoms in total. The Labute approximate surface area is 101 Å². The van der Waals surface area contributed by atoms with Crippen LogP contribution in [0.1, 0.15) is 0 Å². The summed E-state index contributed by atoms with van der Waals surface area (Å²) in [5.74, 6) is 1.57. The highest BCUT2D eigenvalue weighted by Crippen LogP contribution is 2.45. The van der Waals surface area contributed by atoms with Crippen LogP contribution >= 0.6 is 15.9 Å². The average molecular weight is 277 g/mol. The minimum atomic E-state index is 0.683. The number of ether oxygens (including phenoxy) is 1. The van der Waals surface area contributed by atoms with Crippen molar-refractivity contribution in [3.05, 3.63) is 40.9 Å². The van der Waals surface area contributed by atoms with Crippen molar-refractivity contribution < 1.29 is 4.74 Å². The average Bonchev–Trinajstić information content (AvgIpc) is 2.28. The van der Waals surface area contributed by atoms with Crippen molar-refractivity contribution in [1.82, 2.24) is 0 Å². The molecular weight excluding hydrogens is 268 g/mol. The first-order valence-corrected chi connectivity index (χ1v) is 5.66. The van der Waals surface area contributed by atoms with Crippen LogP contribution in [0.15, 0.2) is 40.9 Å². The summed E-state index contributed by atoms with van der Waals surface area (Å²) in [5, 5.41) is 3.27. The summed E-state index contributed by atoms with van der Waals surface area (Å²) in [5.41, 5.74) is 8.31. The number of anilines is 3. The summed E-state index contributed by atoms with van der Waals surface area (Å²) in [6.45, 7) is 0. The van der Waals surface area contributed by atoms with Gasteiger partial charge in [-0.3, -0.25) is 0 Å². The van der Waals surface area contributed by atoms with Crippen LogP contribution in [0.3, 0.4) is 0 Å². The fraction of sp³-hybridized carbons (Fsp3) is 0. The summed E-state index contributed by atoms with van der Waals surface area (Å²) >= 11 is 3.42. The van der Waals surface area contributed by atoms with Gasteiger partial charge in [0.25, 0.3) is 0 Å². The molecule has 0 saturated heterocycles. The van der Waals surface area contributed by atoms with Gasteiger partial charge in [-0.25, -0.2) is 0 Å². The largest absolute Gasteiger partial charge is 0.453 e. The summed E-state index contributed by atoms with van der Waals surface area (Å²) in [6.07, 6.45) is 0. The molecule has 2 aromatic carbocycles. The fourth-order valence-electron chi connectivity index (χ4n) is 1.71. The maximum Gasteiger partial charge on any atom is 0.153 e. The number of nitrogens with one attached hydrogen (secondary N) is 1. The molecule has 1 aliphatic heterocycles. The Balaban J connectivity index is 2.13. The number of para-hydroxylation sites is 1. The summed E-state index contributed by atoms with van der Waals surface area (Å²) < 4.78 is 6.75. The van der Waals surface area contributed by atoms with Gasteiger partial charge in [0.2, 0.25) is 0 Å². The van der Waals surface area contributed by atoms with E-state index in [0.29, 0.717) is 5.69 Å². The van der Waals surface area contributed by atoms with E-state index in [1.165, 1.54) is 0 Å². The number of halogens is 1. The molecule has 2 aromatic rings. The number of nitrogen functional groups attached to an aromatic ring is 1. The van der Waals surface area contributed by atoms with Gasteiger partial charge in [-0.15, -0.1) is 0 Å². The number of hydrogen-bond donors (Lipinski definition) is 2. The second kappa shape index (κ2) is 3.42. The van der Waals surface area contributed by atoms with E-state index in [-0.39, 0.29) is 0 Å². The molecule has 0 aliphatic carbocycles. The Morgan fingerprint density at radius 3 is 2.88 bits per heavy atom. The molecule has 0 atom stereocenters. The number of benzene rings is 2. The molecule has 1 aliphatic rings. The molecule has 0 saturated carbocycles. The smallest absolute Gasteiger partial charge is 0.153 e. The first-order chi connectivity index (χ1) is 7.74. The minimum Gasteiger partial charge on any atom is -0.453 e. The van der Waals surface area contributed by atoms with Crippen molar-refractivity contribution >= 4 is 33.0 Å². The second-order valence-electron chi connectivity index (χ2n) is 3.59. The lowest BCUT2D eigenvalue weighted by Gasteiger charge is -2.22. The van der Waals surface area contributed by atoms with Gasteiger partial charge in [-0.1, -0.05) is 22.0 Å². The van der Waals surface area contributed by atoms with Gasteiger partial charge in [0.05, 0.1) is 11.4 Å². The molecule has 0 fully saturated rings. The summed E-state index contributed by atoms with van der Waals surface area (Å²) in [4.78, 5) is 0. The third-order valence-corrected chi connectivity index (χ3v) is 2.97. The van der Waals surface area contributed by atoms with Gasteiger partial charge in [0, 0.05) is 4.47 Å². The lowest BCUT2D eigenvalue weighted by atomic mass is 10.2. The third-order valence-electron chi connectivity index (χ3n) is 2.48. The molecule has 0 amide bonds. The Hall–Kier alpha value is -1.68. The highest BCUT2D eigenvalue weighted by atomic mass is 79.9. The van der Waals surface area contributed by atoms with Crippen LogP contribution in [-0.2, 0) is 0 Å². The zero-order valence-corrected chi connectivity index (χ0v) is 9.91. The zero-order valence-electron chi connectivity index (χ0n) is 8.33. The van der Waals surface area contributed by atoms with Crippen LogP contribution < -0.4 is 15.8 Å². The molecule has 0 spiro atoms. The third kappa shape index (κ3) is 1.42. The van der Waals surface area contributed by atoms with Crippen LogP contribution in [0.2, 0.25) is 0 Å². The van der Waals surface area contributed by atoms with Gasteiger partial charge >= 0.3 is 0 Å². The van der Waals surface area contributed by atoms with E-state index in [0.717, 1.165) is 27.3 Å². The molecule has 3 N–H and O–H groups in total. The van der Waals surface area contributed by atoms with Crippen LogP contribution in [-0.4, -0.2) is 0 Å². The first kappa shape index (κ1) is 9.54. The van der Waals surface area contributed by atoms with Crippen molar-refractivity contribution in [2.24, 2.45) is 0 Å². The quantitative estimate of drug-likeness (QED) is 0.613. The normalized spacial score (nSPS) is 12.1. The van der Waals surface area contributed by atoms with Crippen LogP contribution in [0.25, 0.3) is 0 Å². The van der Waals surface area contributed by atoms with E-state index in [1.54, 1.807) is 0 Å². The number of hydrogen-bond acceptors (Lipinski definition) is 3. The zero-order chi connectivity index (χ0) is 11.1. The van der Waals surface area contributed by atoms with Crippen molar-refractivity contribution in [3.63, 3.8) is 0 Å². The molecule has 0 unspecified atom stereocenters. The predicted octanol–water partition coefficient (Wildman–Crippen LogP) is 3.88. The number of rotatable bonds is 0. The van der Waals surface area contributed by atoms with Gasteiger partial charge in [-0.2, -0.15) is 0 Å². The lowest BCUT2D eigenvalue weighted by Crippen LogP contribution is -2.05. The highest BCUT2D eigenvalue weighted by Gasteiger charge is 2.17. The summed E-state index contributed by atoms with van der Waals surface area (Å²) in [6, 6.07) is 11.4. The number of nitrogens with two attached hydrogens (primary N) is 1. The van der Waals surface area contributed by atoms with Crippen molar-refractivity contribution in [2.75, 3.05) is 11.1 Å². The minimum absolute atomic E-state index is 0.683. The molecule has 1 heterocycles. The molecule has 0 radical (unpaired) electrons. The van der Waals surface area contributed by atoms with E-state index in [9.17, 15) is 0 Å². The molecular formula is C12H9BrN2O. The van der Waals surface area contributed by atoms with Crippen LogP contribution in [0, 0.1) is 0 Å². The molecule has 0 bridgehead atoms. The van der Waals surface area contributed by atoms with Gasteiger partial charge in [0.1, 0.15) is 5.69 Å². The van der Waals surface area contributed by atoms with Crippen molar-refractivity contribution in [3.8, 4) is 11.5 Å². The highest BCUT2D eigenvalue weighted by molar-refractivity contribution is 9.10. The van der Waals surface area contributed by atoms with Crippen molar-refractivity contribution in [1.29, 1.82) is 0 Å². The molecule has 16 heavy (non-hydrogen) atoms. The van der Waals surface area contributed by atoms with E-state index >= 15 is 0 Å². The SMILES string of the molecule is Nc1cccc2c1Nc1cc(Br)ccc1O2. The van der Waals surface area contributed by atoms with E-state index in [1.807, 2.05) is 36.4 Å². The van der Waals surface area contributed by atoms with Gasteiger partial charge < -0.3 is 15.8 Å². The molecule has 4 heteroatoms. The lowest BCUT2D eigenvalue weighted by molar-refractivity contribution is 0.481. The van der Waals surface area contributed by atoms with Crippen LogP contribution in [0.5, 0.6) is 11.5 Å². The van der Waals surface area contributed by atoms with E-state index in [2.05, 4.69) is 21.2 Å². The molecule has 80 valence electrons. The van der Waals surface area contributed by atoms with Crippen molar-refractivity contribution in [2.45, 2.75) is 0 Å².